The molecule has 5 nitrogen and oxygen atoms in total. The first kappa shape index (κ1) is 17.6. The molecule has 4 rings (SSSR count). The van der Waals surface area contributed by atoms with E-state index < -0.39 is 5.82 Å². The molecule has 0 bridgehead atoms. The molecule has 1 amide bonds. The number of carbonyl (C=O) groups excluding carboxylic acids is 1. The van der Waals surface area contributed by atoms with E-state index >= 15 is 0 Å². The Morgan fingerprint density at radius 1 is 0.964 bits per heavy atom. The van der Waals surface area contributed by atoms with Crippen molar-refractivity contribution in [2.45, 2.75) is 6.54 Å². The Kier molecular flexibility index (Phi) is 4.93. The maximum Gasteiger partial charge on any atom is 0.255 e. The summed E-state index contributed by atoms with van der Waals surface area (Å²) in [6.07, 6.45) is 1.82. The van der Waals surface area contributed by atoms with E-state index in [0.717, 1.165) is 16.8 Å². The molecule has 3 aromatic carbocycles. The van der Waals surface area contributed by atoms with E-state index in [1.807, 2.05) is 42.6 Å². The van der Waals surface area contributed by atoms with Crippen molar-refractivity contribution in [3.8, 4) is 11.3 Å². The van der Waals surface area contributed by atoms with E-state index in [1.165, 1.54) is 6.07 Å². The van der Waals surface area contributed by atoms with Gasteiger partial charge in [0.1, 0.15) is 11.5 Å². The first-order valence-electron chi connectivity index (χ1n) is 8.79. The van der Waals surface area contributed by atoms with Gasteiger partial charge in [-0.2, -0.15) is 0 Å². The number of amides is 1. The molecule has 28 heavy (non-hydrogen) atoms. The number of nitrogens with one attached hydrogen (secondary N) is 1. The number of rotatable bonds is 5. The lowest BCUT2D eigenvalue weighted by molar-refractivity contribution is 0.102. The van der Waals surface area contributed by atoms with Gasteiger partial charge in [0.05, 0.1) is 18.4 Å². The third kappa shape index (κ3) is 3.96. The lowest BCUT2D eigenvalue weighted by atomic mass is 10.1. The number of hydrogen-bond donors (Lipinski definition) is 1. The zero-order valence-electron chi connectivity index (χ0n) is 14.9. The highest BCUT2D eigenvalue weighted by atomic mass is 19.1. The quantitative estimate of drug-likeness (QED) is 0.565. The molecule has 0 radical (unpaired) electrons. The minimum atomic E-state index is -0.495. The van der Waals surface area contributed by atoms with E-state index in [2.05, 4.69) is 15.6 Å². The van der Waals surface area contributed by atoms with Crippen LogP contribution in [-0.2, 0) is 6.54 Å². The summed E-state index contributed by atoms with van der Waals surface area (Å²) in [4.78, 5) is 12.2. The van der Waals surface area contributed by atoms with Gasteiger partial charge in [-0.05, 0) is 29.8 Å². The lowest BCUT2D eigenvalue weighted by Gasteiger charge is -2.08. The number of benzene rings is 3. The van der Waals surface area contributed by atoms with E-state index in [-0.39, 0.29) is 11.6 Å². The Morgan fingerprint density at radius 2 is 1.68 bits per heavy atom. The summed E-state index contributed by atoms with van der Waals surface area (Å²) in [6.45, 7) is 0.379. The highest BCUT2D eigenvalue weighted by Crippen LogP contribution is 2.19. The van der Waals surface area contributed by atoms with E-state index in [1.54, 1.807) is 41.1 Å². The molecule has 0 aliphatic rings. The second kappa shape index (κ2) is 7.84. The molecule has 0 spiro atoms. The normalized spacial score (nSPS) is 10.6. The number of carbonyl (C=O) groups is 1. The van der Waals surface area contributed by atoms with Gasteiger partial charge in [0.15, 0.2) is 0 Å². The van der Waals surface area contributed by atoms with Crippen LogP contribution in [0.3, 0.4) is 0 Å². The van der Waals surface area contributed by atoms with E-state index in [4.69, 9.17) is 0 Å². The minimum Gasteiger partial charge on any atom is -0.319 e. The molecule has 0 aliphatic heterocycles. The third-order valence-electron chi connectivity index (χ3n) is 4.27. The fourth-order valence-electron chi connectivity index (χ4n) is 2.85. The third-order valence-corrected chi connectivity index (χ3v) is 4.27. The maximum absolute atomic E-state index is 14.4. The Balaban J connectivity index is 1.46. The Bertz CT molecular complexity index is 1090. The zero-order chi connectivity index (χ0) is 19.3. The number of halogens is 1. The highest BCUT2D eigenvalue weighted by Gasteiger charge is 2.10. The standard InChI is InChI=1S/C22H17FN4O/c23-19-13-16(11-12-20(19)24-22(28)18-9-5-2-6-10-18)14-27-15-21(25-26-27)17-7-3-1-4-8-17/h1-13,15H,14H2,(H,24,28). The van der Waals surface area contributed by atoms with Gasteiger partial charge in [-0.3, -0.25) is 4.79 Å². The highest BCUT2D eigenvalue weighted by molar-refractivity contribution is 6.04. The largest absolute Gasteiger partial charge is 0.319 e. The van der Waals surface area contributed by atoms with Crippen LogP contribution in [0.15, 0.2) is 85.1 Å². The van der Waals surface area contributed by atoms with Crippen molar-refractivity contribution in [1.82, 2.24) is 15.0 Å². The van der Waals surface area contributed by atoms with Crippen LogP contribution in [0.25, 0.3) is 11.3 Å². The van der Waals surface area contributed by atoms with Crippen molar-refractivity contribution in [3.63, 3.8) is 0 Å². The molecule has 1 aromatic heterocycles. The summed E-state index contributed by atoms with van der Waals surface area (Å²) in [7, 11) is 0. The summed E-state index contributed by atoms with van der Waals surface area (Å²) >= 11 is 0. The van der Waals surface area contributed by atoms with Crippen LogP contribution in [0.2, 0.25) is 0 Å². The first-order valence-corrected chi connectivity index (χ1v) is 8.79. The number of aromatic nitrogens is 3. The van der Waals surface area contributed by atoms with Crippen molar-refractivity contribution >= 4 is 11.6 Å². The summed E-state index contributed by atoms with van der Waals surface area (Å²) in [5.74, 6) is -0.846. The van der Waals surface area contributed by atoms with Gasteiger partial charge in [0.2, 0.25) is 0 Å². The molecule has 1 N–H and O–H groups in total. The molecule has 0 saturated carbocycles. The average molecular weight is 372 g/mol. The van der Waals surface area contributed by atoms with Crippen LogP contribution < -0.4 is 5.32 Å². The van der Waals surface area contributed by atoms with Gasteiger partial charge < -0.3 is 5.32 Å². The molecule has 0 unspecified atom stereocenters. The fourth-order valence-corrected chi connectivity index (χ4v) is 2.85. The van der Waals surface area contributed by atoms with E-state index in [0.29, 0.717) is 12.1 Å². The van der Waals surface area contributed by atoms with Crippen molar-refractivity contribution < 1.29 is 9.18 Å². The summed E-state index contributed by atoms with van der Waals surface area (Å²) in [5.41, 5.74) is 3.06. The van der Waals surface area contributed by atoms with Crippen LogP contribution in [0.4, 0.5) is 10.1 Å². The first-order chi connectivity index (χ1) is 13.7. The summed E-state index contributed by atoms with van der Waals surface area (Å²) in [6, 6.07) is 23.1. The number of anilines is 1. The fraction of sp³-hybridized carbons (Fsp3) is 0.0455. The molecule has 1 heterocycles. The summed E-state index contributed by atoms with van der Waals surface area (Å²) in [5, 5.41) is 10.9. The van der Waals surface area contributed by atoms with Gasteiger partial charge in [0, 0.05) is 11.1 Å². The topological polar surface area (TPSA) is 59.8 Å². The van der Waals surface area contributed by atoms with Crippen molar-refractivity contribution in [1.29, 1.82) is 0 Å². The van der Waals surface area contributed by atoms with Gasteiger partial charge in [-0.15, -0.1) is 5.10 Å². The number of nitrogens with zero attached hydrogens (tertiary/aromatic N) is 3. The van der Waals surface area contributed by atoms with Gasteiger partial charge in [-0.1, -0.05) is 59.8 Å². The predicted octanol–water partition coefficient (Wildman–Crippen LogP) is 4.38. The van der Waals surface area contributed by atoms with Gasteiger partial charge in [0.25, 0.3) is 5.91 Å². The summed E-state index contributed by atoms with van der Waals surface area (Å²) < 4.78 is 16.1. The second-order valence-corrected chi connectivity index (χ2v) is 6.30. The van der Waals surface area contributed by atoms with Crippen LogP contribution in [-0.4, -0.2) is 20.9 Å². The molecule has 138 valence electrons. The smallest absolute Gasteiger partial charge is 0.255 e. The maximum atomic E-state index is 14.4. The number of hydrogen-bond acceptors (Lipinski definition) is 3. The van der Waals surface area contributed by atoms with Gasteiger partial charge >= 0.3 is 0 Å². The molecule has 0 aliphatic carbocycles. The van der Waals surface area contributed by atoms with Crippen LogP contribution in [0.1, 0.15) is 15.9 Å². The molecule has 0 atom stereocenters. The molecular weight excluding hydrogens is 355 g/mol. The van der Waals surface area contributed by atoms with Crippen molar-refractivity contribution in [2.24, 2.45) is 0 Å². The zero-order valence-corrected chi connectivity index (χ0v) is 14.9. The van der Waals surface area contributed by atoms with Gasteiger partial charge in [-0.25, -0.2) is 9.07 Å². The molecular formula is C22H17FN4O. The Labute approximate surface area is 161 Å². The molecule has 6 heteroatoms. The SMILES string of the molecule is O=C(Nc1ccc(Cn2cc(-c3ccccc3)nn2)cc1F)c1ccccc1. The van der Waals surface area contributed by atoms with Crippen LogP contribution >= 0.6 is 0 Å². The van der Waals surface area contributed by atoms with E-state index in [9.17, 15) is 9.18 Å². The molecule has 0 fully saturated rings. The van der Waals surface area contributed by atoms with Crippen LogP contribution in [0.5, 0.6) is 0 Å². The lowest BCUT2D eigenvalue weighted by Crippen LogP contribution is -2.13. The Morgan fingerprint density at radius 3 is 2.39 bits per heavy atom. The minimum absolute atomic E-state index is 0.140. The van der Waals surface area contributed by atoms with Crippen molar-refractivity contribution in [2.75, 3.05) is 5.32 Å². The van der Waals surface area contributed by atoms with Crippen molar-refractivity contribution in [3.05, 3.63) is 102 Å². The second-order valence-electron chi connectivity index (χ2n) is 6.30. The molecule has 0 saturated heterocycles. The predicted molar refractivity (Wildman–Crippen MR) is 105 cm³/mol. The monoisotopic (exact) mass is 372 g/mol. The molecule has 4 aromatic rings. The Hall–Kier alpha value is -3.80. The average Bonchev–Trinajstić information content (AvgIpc) is 3.20. The van der Waals surface area contributed by atoms with Crippen LogP contribution in [0, 0.1) is 5.82 Å².